The summed E-state index contributed by atoms with van der Waals surface area (Å²) in [6.45, 7) is 7.43. The molecule has 0 spiro atoms. The van der Waals surface area contributed by atoms with Gasteiger partial charge in [0, 0.05) is 18.7 Å². The number of carbonyl (C=O) groups is 2. The van der Waals surface area contributed by atoms with Crippen LogP contribution in [-0.4, -0.2) is 36.5 Å². The van der Waals surface area contributed by atoms with E-state index in [4.69, 9.17) is 4.74 Å². The maximum absolute atomic E-state index is 12.7. The van der Waals surface area contributed by atoms with Crippen molar-refractivity contribution in [2.24, 2.45) is 0 Å². The van der Waals surface area contributed by atoms with Gasteiger partial charge < -0.3 is 9.64 Å². The van der Waals surface area contributed by atoms with Crippen LogP contribution in [0.3, 0.4) is 0 Å². The lowest BCUT2D eigenvalue weighted by Gasteiger charge is -2.22. The second kappa shape index (κ2) is 10.8. The van der Waals surface area contributed by atoms with Crippen LogP contribution in [0.1, 0.15) is 61.9 Å². The van der Waals surface area contributed by atoms with Gasteiger partial charge in [-0.25, -0.2) is 0 Å². The largest absolute Gasteiger partial charge is 0.466 e. The molecule has 0 heterocycles. The zero-order chi connectivity index (χ0) is 17.1. The summed E-state index contributed by atoms with van der Waals surface area (Å²) in [5.41, 5.74) is 1.80. The Kier molecular flexibility index (Phi) is 9.03. The maximum atomic E-state index is 12.7. The Hall–Kier alpha value is -1.84. The van der Waals surface area contributed by atoms with E-state index in [9.17, 15) is 9.59 Å². The Bertz CT molecular complexity index is 482. The van der Waals surface area contributed by atoms with Crippen LogP contribution in [-0.2, 0) is 9.53 Å². The van der Waals surface area contributed by atoms with Gasteiger partial charge in [-0.2, -0.15) is 0 Å². The Morgan fingerprint density at radius 1 is 1.00 bits per heavy atom. The van der Waals surface area contributed by atoms with E-state index in [0.29, 0.717) is 25.3 Å². The SMILES string of the molecule is CCCCCCN(CCC(=O)OCC)C(=O)c1ccc(C)cc1. The van der Waals surface area contributed by atoms with Crippen LogP contribution >= 0.6 is 0 Å². The maximum Gasteiger partial charge on any atom is 0.307 e. The molecule has 0 aliphatic rings. The number of aryl methyl sites for hydroxylation is 1. The van der Waals surface area contributed by atoms with Gasteiger partial charge in [0.1, 0.15) is 0 Å². The van der Waals surface area contributed by atoms with Crippen molar-refractivity contribution in [3.63, 3.8) is 0 Å². The molecule has 0 saturated heterocycles. The van der Waals surface area contributed by atoms with Crippen molar-refractivity contribution in [3.05, 3.63) is 35.4 Å². The molecule has 0 N–H and O–H groups in total. The molecule has 0 aliphatic carbocycles. The summed E-state index contributed by atoms with van der Waals surface area (Å²) in [4.78, 5) is 26.0. The van der Waals surface area contributed by atoms with Crippen molar-refractivity contribution in [3.8, 4) is 0 Å². The van der Waals surface area contributed by atoms with Gasteiger partial charge in [0.2, 0.25) is 0 Å². The third-order valence-corrected chi connectivity index (χ3v) is 3.76. The number of unbranched alkanes of at least 4 members (excludes halogenated alkanes) is 3. The Morgan fingerprint density at radius 3 is 2.30 bits per heavy atom. The summed E-state index contributed by atoms with van der Waals surface area (Å²) in [5.74, 6) is -0.256. The van der Waals surface area contributed by atoms with Crippen molar-refractivity contribution >= 4 is 11.9 Å². The fourth-order valence-electron chi connectivity index (χ4n) is 2.38. The first-order chi connectivity index (χ1) is 11.1. The normalized spacial score (nSPS) is 10.4. The van der Waals surface area contributed by atoms with E-state index in [2.05, 4.69) is 6.92 Å². The number of hydrogen-bond acceptors (Lipinski definition) is 3. The molecule has 1 aromatic rings. The zero-order valence-corrected chi connectivity index (χ0v) is 14.6. The molecular weight excluding hydrogens is 290 g/mol. The van der Waals surface area contributed by atoms with Crippen LogP contribution < -0.4 is 0 Å². The van der Waals surface area contributed by atoms with Gasteiger partial charge in [-0.1, -0.05) is 43.9 Å². The van der Waals surface area contributed by atoms with Crippen LogP contribution in [0.4, 0.5) is 0 Å². The van der Waals surface area contributed by atoms with E-state index in [1.807, 2.05) is 31.2 Å². The van der Waals surface area contributed by atoms with Crippen molar-refractivity contribution in [2.75, 3.05) is 19.7 Å². The van der Waals surface area contributed by atoms with Crippen LogP contribution in [0, 0.1) is 6.92 Å². The Labute approximate surface area is 139 Å². The summed E-state index contributed by atoms with van der Waals surface area (Å²) in [5, 5.41) is 0. The van der Waals surface area contributed by atoms with Gasteiger partial charge in [0.05, 0.1) is 13.0 Å². The fraction of sp³-hybridized carbons (Fsp3) is 0.579. The minimum absolute atomic E-state index is 0.00852. The van der Waals surface area contributed by atoms with Gasteiger partial charge in [-0.15, -0.1) is 0 Å². The van der Waals surface area contributed by atoms with E-state index in [0.717, 1.165) is 24.8 Å². The molecule has 0 aliphatic heterocycles. The lowest BCUT2D eigenvalue weighted by Crippen LogP contribution is -2.34. The van der Waals surface area contributed by atoms with Gasteiger partial charge >= 0.3 is 5.97 Å². The van der Waals surface area contributed by atoms with Gasteiger partial charge in [0.15, 0.2) is 0 Å². The van der Waals surface area contributed by atoms with E-state index in [1.165, 1.54) is 6.42 Å². The highest BCUT2D eigenvalue weighted by molar-refractivity contribution is 5.94. The number of amides is 1. The van der Waals surface area contributed by atoms with Gasteiger partial charge in [-0.05, 0) is 32.4 Å². The first-order valence-corrected chi connectivity index (χ1v) is 8.60. The summed E-state index contributed by atoms with van der Waals surface area (Å²) >= 11 is 0. The van der Waals surface area contributed by atoms with Crippen molar-refractivity contribution in [2.45, 2.75) is 52.9 Å². The summed E-state index contributed by atoms with van der Waals surface area (Å²) in [7, 11) is 0. The van der Waals surface area contributed by atoms with Crippen LogP contribution in [0.25, 0.3) is 0 Å². The monoisotopic (exact) mass is 319 g/mol. The number of esters is 1. The second-order valence-corrected chi connectivity index (χ2v) is 5.77. The van der Waals surface area contributed by atoms with Crippen molar-refractivity contribution in [1.29, 1.82) is 0 Å². The third-order valence-electron chi connectivity index (χ3n) is 3.76. The molecule has 0 bridgehead atoms. The summed E-state index contributed by atoms with van der Waals surface area (Å²) in [6, 6.07) is 7.57. The van der Waals surface area contributed by atoms with Crippen molar-refractivity contribution in [1.82, 2.24) is 4.90 Å². The molecule has 0 atom stereocenters. The molecule has 0 radical (unpaired) electrons. The molecular formula is C19H29NO3. The minimum Gasteiger partial charge on any atom is -0.466 e. The topological polar surface area (TPSA) is 46.6 Å². The molecule has 4 heteroatoms. The number of ether oxygens (including phenoxy) is 1. The summed E-state index contributed by atoms with van der Waals surface area (Å²) < 4.78 is 4.96. The minimum atomic E-state index is -0.247. The van der Waals surface area contributed by atoms with Gasteiger partial charge in [-0.3, -0.25) is 9.59 Å². The van der Waals surface area contributed by atoms with E-state index < -0.39 is 0 Å². The molecule has 0 fully saturated rings. The number of hydrogen-bond donors (Lipinski definition) is 0. The van der Waals surface area contributed by atoms with Crippen LogP contribution in [0.2, 0.25) is 0 Å². The number of nitrogens with zero attached hydrogens (tertiary/aromatic N) is 1. The number of carbonyl (C=O) groups excluding carboxylic acids is 2. The summed E-state index contributed by atoms with van der Waals surface area (Å²) in [6.07, 6.45) is 4.65. The fourth-order valence-corrected chi connectivity index (χ4v) is 2.38. The quantitative estimate of drug-likeness (QED) is 0.484. The molecule has 128 valence electrons. The standard InChI is InChI=1S/C19H29NO3/c1-4-6-7-8-14-20(15-13-18(21)23-5-2)19(22)17-11-9-16(3)10-12-17/h9-12H,4-8,13-15H2,1-3H3. The molecule has 0 saturated carbocycles. The highest BCUT2D eigenvalue weighted by Crippen LogP contribution is 2.10. The highest BCUT2D eigenvalue weighted by Gasteiger charge is 2.17. The number of benzene rings is 1. The van der Waals surface area contributed by atoms with E-state index in [-0.39, 0.29) is 18.3 Å². The van der Waals surface area contributed by atoms with E-state index in [1.54, 1.807) is 11.8 Å². The average molecular weight is 319 g/mol. The van der Waals surface area contributed by atoms with Gasteiger partial charge in [0.25, 0.3) is 5.91 Å². The van der Waals surface area contributed by atoms with Crippen LogP contribution in [0.15, 0.2) is 24.3 Å². The first-order valence-electron chi connectivity index (χ1n) is 8.60. The lowest BCUT2D eigenvalue weighted by atomic mass is 10.1. The smallest absolute Gasteiger partial charge is 0.307 e. The lowest BCUT2D eigenvalue weighted by molar-refractivity contribution is -0.143. The molecule has 1 rings (SSSR count). The second-order valence-electron chi connectivity index (χ2n) is 5.77. The molecule has 1 amide bonds. The number of rotatable bonds is 10. The molecule has 0 aromatic heterocycles. The van der Waals surface area contributed by atoms with Crippen LogP contribution in [0.5, 0.6) is 0 Å². The first kappa shape index (κ1) is 19.2. The zero-order valence-electron chi connectivity index (χ0n) is 14.6. The van der Waals surface area contributed by atoms with E-state index >= 15 is 0 Å². The molecule has 4 nitrogen and oxygen atoms in total. The average Bonchev–Trinajstić information content (AvgIpc) is 2.54. The predicted octanol–water partition coefficient (Wildman–Crippen LogP) is 3.97. The van der Waals surface area contributed by atoms with Crippen molar-refractivity contribution < 1.29 is 14.3 Å². The predicted molar refractivity (Wildman–Crippen MR) is 92.5 cm³/mol. The molecule has 0 unspecified atom stereocenters. The highest BCUT2D eigenvalue weighted by atomic mass is 16.5. The molecule has 23 heavy (non-hydrogen) atoms. The third kappa shape index (κ3) is 7.31. The Balaban J connectivity index is 2.66. The molecule has 1 aromatic carbocycles. The Morgan fingerprint density at radius 2 is 1.70 bits per heavy atom.